The van der Waals surface area contributed by atoms with E-state index in [4.69, 9.17) is 0 Å². The highest BCUT2D eigenvalue weighted by Crippen LogP contribution is 2.35. The van der Waals surface area contributed by atoms with Gasteiger partial charge in [-0.1, -0.05) is 32.4 Å². The summed E-state index contributed by atoms with van der Waals surface area (Å²) in [5, 5.41) is 2.68. The molecular weight excluding hydrogens is 292 g/mol. The Balaban J connectivity index is 1.44. The molecule has 2 heteroatoms. The lowest BCUT2D eigenvalue weighted by atomic mass is 9.98. The molecule has 2 aliphatic heterocycles. The van der Waals surface area contributed by atoms with Gasteiger partial charge in [-0.3, -0.25) is 9.88 Å². The maximum absolute atomic E-state index is 4.62. The molecule has 1 aromatic heterocycles. The summed E-state index contributed by atoms with van der Waals surface area (Å²) >= 11 is 0. The van der Waals surface area contributed by atoms with E-state index in [9.17, 15) is 0 Å². The predicted molar refractivity (Wildman–Crippen MR) is 102 cm³/mol. The molecule has 0 saturated carbocycles. The fourth-order valence-corrected chi connectivity index (χ4v) is 4.91. The lowest BCUT2D eigenvalue weighted by Gasteiger charge is -2.34. The summed E-state index contributed by atoms with van der Waals surface area (Å²) in [6.45, 7) is 5.76. The van der Waals surface area contributed by atoms with Crippen LogP contribution in [0.1, 0.15) is 69.5 Å². The van der Waals surface area contributed by atoms with Gasteiger partial charge in [0.15, 0.2) is 0 Å². The van der Waals surface area contributed by atoms with Crippen LogP contribution >= 0.6 is 0 Å². The first-order valence-electron chi connectivity index (χ1n) is 9.85. The molecule has 128 valence electrons. The second kappa shape index (κ2) is 6.84. The van der Waals surface area contributed by atoms with E-state index in [0.29, 0.717) is 5.92 Å². The highest BCUT2D eigenvalue weighted by atomic mass is 15.2. The number of piperidine rings is 1. The fraction of sp³-hybridized carbons (Fsp3) is 0.591. The quantitative estimate of drug-likeness (QED) is 0.742. The summed E-state index contributed by atoms with van der Waals surface area (Å²) in [5.41, 5.74) is 2.71. The lowest BCUT2D eigenvalue weighted by molar-refractivity contribution is 0.139. The molecule has 2 unspecified atom stereocenters. The number of nitrogens with zero attached hydrogens (tertiary/aromatic N) is 2. The number of rotatable bonds is 5. The molecule has 2 saturated heterocycles. The van der Waals surface area contributed by atoms with Crippen LogP contribution in [0.4, 0.5) is 0 Å². The zero-order valence-corrected chi connectivity index (χ0v) is 15.2. The van der Waals surface area contributed by atoms with Gasteiger partial charge in [-0.15, -0.1) is 0 Å². The highest BCUT2D eigenvalue weighted by molar-refractivity contribution is 5.85. The van der Waals surface area contributed by atoms with E-state index in [0.717, 1.165) is 12.1 Å². The van der Waals surface area contributed by atoms with Crippen LogP contribution in [-0.4, -0.2) is 28.5 Å². The minimum absolute atomic E-state index is 0.480. The molecule has 0 N–H and O–H groups in total. The van der Waals surface area contributed by atoms with Crippen molar-refractivity contribution in [2.45, 2.75) is 76.8 Å². The van der Waals surface area contributed by atoms with Gasteiger partial charge in [0.25, 0.3) is 0 Å². The maximum Gasteiger partial charge on any atom is 0.0507 e. The van der Waals surface area contributed by atoms with E-state index in [1.165, 1.54) is 73.5 Å². The zero-order chi connectivity index (χ0) is 16.5. The molecule has 2 nitrogen and oxygen atoms in total. The van der Waals surface area contributed by atoms with E-state index >= 15 is 0 Å². The van der Waals surface area contributed by atoms with Gasteiger partial charge in [0.2, 0.25) is 0 Å². The Hall–Kier alpha value is -1.41. The van der Waals surface area contributed by atoms with Gasteiger partial charge in [-0.2, -0.15) is 0 Å². The van der Waals surface area contributed by atoms with Crippen LogP contribution in [0.15, 0.2) is 30.5 Å². The number of pyridine rings is 1. The van der Waals surface area contributed by atoms with Crippen molar-refractivity contribution in [1.82, 2.24) is 9.88 Å². The molecule has 2 fully saturated rings. The average molecular weight is 322 g/mol. The van der Waals surface area contributed by atoms with Crippen molar-refractivity contribution in [3.63, 3.8) is 0 Å². The topological polar surface area (TPSA) is 16.1 Å². The van der Waals surface area contributed by atoms with Gasteiger partial charge in [0, 0.05) is 23.7 Å². The number of hydrogen-bond acceptors (Lipinski definition) is 2. The normalized spacial score (nSPS) is 24.1. The van der Waals surface area contributed by atoms with Gasteiger partial charge in [0.1, 0.15) is 0 Å². The Bertz CT molecular complexity index is 690. The zero-order valence-electron chi connectivity index (χ0n) is 15.2. The summed E-state index contributed by atoms with van der Waals surface area (Å²) in [4.78, 5) is 7.45. The molecule has 3 heterocycles. The van der Waals surface area contributed by atoms with Gasteiger partial charge in [-0.25, -0.2) is 0 Å². The summed E-state index contributed by atoms with van der Waals surface area (Å²) in [6, 6.07) is 10.9. The third-order valence-electron chi connectivity index (χ3n) is 6.14. The second-order valence-electron chi connectivity index (χ2n) is 8.06. The molecular formula is C22H30N2. The first kappa shape index (κ1) is 16.1. The third-order valence-corrected chi connectivity index (χ3v) is 6.14. The molecule has 0 spiro atoms. The van der Waals surface area contributed by atoms with Crippen molar-refractivity contribution in [3.8, 4) is 0 Å². The van der Waals surface area contributed by atoms with Crippen LogP contribution in [0.2, 0.25) is 0 Å². The number of aromatic nitrogens is 1. The predicted octanol–water partition coefficient (Wildman–Crippen LogP) is 5.31. The Morgan fingerprint density at radius 2 is 1.88 bits per heavy atom. The summed E-state index contributed by atoms with van der Waals surface area (Å²) in [5.74, 6) is 0.480. The summed E-state index contributed by atoms with van der Waals surface area (Å²) < 4.78 is 0. The molecule has 0 radical (unpaired) electrons. The summed E-state index contributed by atoms with van der Waals surface area (Å²) in [6.07, 6.45) is 11.7. The monoisotopic (exact) mass is 322 g/mol. The first-order chi connectivity index (χ1) is 11.7. The van der Waals surface area contributed by atoms with Crippen molar-refractivity contribution in [2.75, 3.05) is 6.54 Å². The minimum atomic E-state index is 0.480. The minimum Gasteiger partial charge on any atom is -0.297 e. The van der Waals surface area contributed by atoms with Crippen molar-refractivity contribution < 1.29 is 0 Å². The Morgan fingerprint density at radius 1 is 1.08 bits per heavy atom. The molecule has 2 atom stereocenters. The number of fused-ring (bicyclic) bond motifs is 3. The number of benzene rings is 1. The second-order valence-corrected chi connectivity index (χ2v) is 8.06. The maximum atomic E-state index is 4.62. The van der Waals surface area contributed by atoms with Gasteiger partial charge in [0.05, 0.1) is 5.69 Å². The molecule has 0 amide bonds. The fourth-order valence-electron chi connectivity index (χ4n) is 4.91. The van der Waals surface area contributed by atoms with Gasteiger partial charge < -0.3 is 0 Å². The number of aryl methyl sites for hydroxylation is 1. The van der Waals surface area contributed by atoms with Crippen LogP contribution in [0.3, 0.4) is 0 Å². The molecule has 2 aliphatic rings. The van der Waals surface area contributed by atoms with Crippen LogP contribution in [0.5, 0.6) is 0 Å². The molecule has 1 aromatic carbocycles. The first-order valence-corrected chi connectivity index (χ1v) is 9.85. The van der Waals surface area contributed by atoms with Crippen LogP contribution in [0, 0.1) is 0 Å². The van der Waals surface area contributed by atoms with Crippen LogP contribution in [-0.2, 0) is 6.42 Å². The van der Waals surface area contributed by atoms with E-state index in [1.54, 1.807) is 0 Å². The van der Waals surface area contributed by atoms with Gasteiger partial charge >= 0.3 is 0 Å². The SMILES string of the molecule is CC(C)c1nccc2ccc(CCCN3C4CCCC3CC4)cc12. The van der Waals surface area contributed by atoms with Crippen molar-refractivity contribution >= 4 is 10.8 Å². The average Bonchev–Trinajstić information content (AvgIpc) is 2.81. The lowest BCUT2D eigenvalue weighted by Crippen LogP contribution is -2.40. The van der Waals surface area contributed by atoms with E-state index in [1.807, 2.05) is 6.20 Å². The third kappa shape index (κ3) is 3.09. The van der Waals surface area contributed by atoms with Crippen molar-refractivity contribution in [3.05, 3.63) is 41.7 Å². The molecule has 2 bridgehead atoms. The Morgan fingerprint density at radius 3 is 2.62 bits per heavy atom. The Labute approximate surface area is 146 Å². The van der Waals surface area contributed by atoms with Crippen LogP contribution < -0.4 is 0 Å². The highest BCUT2D eigenvalue weighted by Gasteiger charge is 2.35. The molecule has 2 aromatic rings. The molecule has 4 rings (SSSR count). The summed E-state index contributed by atoms with van der Waals surface area (Å²) in [7, 11) is 0. The number of hydrogen-bond donors (Lipinski definition) is 0. The van der Waals surface area contributed by atoms with E-state index in [-0.39, 0.29) is 0 Å². The van der Waals surface area contributed by atoms with Crippen molar-refractivity contribution in [1.29, 1.82) is 0 Å². The standard InChI is InChI=1S/C22H30N2/c1-16(2)22-21-15-17(8-9-18(21)12-13-23-22)5-4-14-24-19-6-3-7-20(24)11-10-19/h8-9,12-13,15-16,19-20H,3-7,10-11,14H2,1-2H3. The smallest absolute Gasteiger partial charge is 0.0507 e. The van der Waals surface area contributed by atoms with E-state index < -0.39 is 0 Å². The van der Waals surface area contributed by atoms with E-state index in [2.05, 4.69) is 48.0 Å². The Kier molecular flexibility index (Phi) is 4.58. The largest absolute Gasteiger partial charge is 0.297 e. The molecule has 24 heavy (non-hydrogen) atoms. The van der Waals surface area contributed by atoms with Crippen LogP contribution in [0.25, 0.3) is 10.8 Å². The molecule has 0 aliphatic carbocycles. The van der Waals surface area contributed by atoms with Gasteiger partial charge in [-0.05, 0) is 74.1 Å². The van der Waals surface area contributed by atoms with Crippen molar-refractivity contribution in [2.24, 2.45) is 0 Å².